The Labute approximate surface area is 146 Å². The Morgan fingerprint density at radius 2 is 1.73 bits per heavy atom. The first-order valence-electron chi connectivity index (χ1n) is 7.71. The van der Waals surface area contributed by atoms with Gasteiger partial charge in [0.2, 0.25) is 0 Å². The molecule has 0 atom stereocenters. The molecular weight excluding hydrogens is 349 g/mol. The molecule has 134 valence electrons. The molecule has 0 unspecified atom stereocenters. The van der Waals surface area contributed by atoms with E-state index in [2.05, 4.69) is 5.32 Å². The van der Waals surface area contributed by atoms with Crippen LogP contribution in [-0.4, -0.2) is 29.2 Å². The van der Waals surface area contributed by atoms with Crippen molar-refractivity contribution in [2.24, 2.45) is 0 Å². The molecule has 0 fully saturated rings. The summed E-state index contributed by atoms with van der Waals surface area (Å²) in [5.74, 6) is -1.61. The van der Waals surface area contributed by atoms with Gasteiger partial charge in [0.1, 0.15) is 0 Å². The molecule has 2 aromatic carbocycles. The van der Waals surface area contributed by atoms with Crippen molar-refractivity contribution in [3.63, 3.8) is 0 Å². The molecule has 1 N–H and O–H groups in total. The molecule has 1 heterocycles. The van der Waals surface area contributed by atoms with E-state index in [0.717, 1.165) is 17.0 Å². The lowest BCUT2D eigenvalue weighted by Crippen LogP contribution is -2.29. The Morgan fingerprint density at radius 1 is 1.04 bits per heavy atom. The average Bonchev–Trinajstić information content (AvgIpc) is 2.84. The van der Waals surface area contributed by atoms with Crippen molar-refractivity contribution in [1.82, 2.24) is 4.90 Å². The van der Waals surface area contributed by atoms with E-state index < -0.39 is 29.5 Å². The van der Waals surface area contributed by atoms with Crippen LogP contribution >= 0.6 is 0 Å². The molecule has 0 aromatic heterocycles. The molecule has 26 heavy (non-hydrogen) atoms. The first-order valence-corrected chi connectivity index (χ1v) is 7.71. The van der Waals surface area contributed by atoms with Crippen molar-refractivity contribution in [1.29, 1.82) is 0 Å². The van der Waals surface area contributed by atoms with Gasteiger partial charge in [0.05, 0.1) is 16.7 Å². The first-order chi connectivity index (χ1) is 12.2. The maximum atomic E-state index is 12.7. The maximum absolute atomic E-state index is 12.7. The molecule has 1 aliphatic rings. The van der Waals surface area contributed by atoms with E-state index >= 15 is 0 Å². The van der Waals surface area contributed by atoms with Gasteiger partial charge in [-0.15, -0.1) is 0 Å². The van der Waals surface area contributed by atoms with Gasteiger partial charge in [0, 0.05) is 17.8 Å². The van der Waals surface area contributed by atoms with Gasteiger partial charge in [-0.05, 0) is 43.3 Å². The smallest absolute Gasteiger partial charge is 0.322 e. The molecule has 0 bridgehead atoms. The summed E-state index contributed by atoms with van der Waals surface area (Å²) in [6.45, 7) is 1.86. The number of benzene rings is 2. The van der Waals surface area contributed by atoms with Crippen LogP contribution in [0.1, 0.15) is 43.6 Å². The zero-order valence-corrected chi connectivity index (χ0v) is 13.6. The lowest BCUT2D eigenvalue weighted by Gasteiger charge is -2.10. The van der Waals surface area contributed by atoms with E-state index in [9.17, 15) is 27.6 Å². The molecule has 0 saturated heterocycles. The molecule has 0 spiro atoms. The van der Waals surface area contributed by atoms with Crippen molar-refractivity contribution in [2.75, 3.05) is 11.9 Å². The molecule has 5 nitrogen and oxygen atoms in total. The number of carbonyl (C=O) groups is 3. The average molecular weight is 362 g/mol. The van der Waals surface area contributed by atoms with Crippen molar-refractivity contribution in [3.8, 4) is 0 Å². The lowest BCUT2D eigenvalue weighted by atomic mass is 10.1. The summed E-state index contributed by atoms with van der Waals surface area (Å²) in [5, 5.41) is 2.36. The molecule has 0 aliphatic carbocycles. The van der Waals surface area contributed by atoms with Gasteiger partial charge in [0.25, 0.3) is 17.7 Å². The largest absolute Gasteiger partial charge is 0.416 e. The molecule has 2 aromatic rings. The fourth-order valence-electron chi connectivity index (χ4n) is 2.70. The Balaban J connectivity index is 1.86. The summed E-state index contributed by atoms with van der Waals surface area (Å²) in [5.41, 5.74) is -0.534. The minimum absolute atomic E-state index is 0.0251. The highest BCUT2D eigenvalue weighted by Crippen LogP contribution is 2.31. The Hall–Kier alpha value is -3.16. The van der Waals surface area contributed by atoms with Crippen LogP contribution in [0.5, 0.6) is 0 Å². The van der Waals surface area contributed by atoms with Gasteiger partial charge in [-0.25, -0.2) is 0 Å². The molecule has 0 saturated carbocycles. The monoisotopic (exact) mass is 362 g/mol. The number of fused-ring (bicyclic) bond motifs is 1. The third kappa shape index (κ3) is 3.05. The highest BCUT2D eigenvalue weighted by atomic mass is 19.4. The quantitative estimate of drug-likeness (QED) is 0.849. The number of amides is 3. The number of imide groups is 1. The summed E-state index contributed by atoms with van der Waals surface area (Å²) < 4.78 is 38.2. The van der Waals surface area contributed by atoms with Crippen LogP contribution in [-0.2, 0) is 6.18 Å². The Bertz CT molecular complexity index is 922. The second-order valence-electron chi connectivity index (χ2n) is 5.65. The lowest BCUT2D eigenvalue weighted by molar-refractivity contribution is -0.137. The van der Waals surface area contributed by atoms with Crippen molar-refractivity contribution < 1.29 is 27.6 Å². The maximum Gasteiger partial charge on any atom is 0.416 e. The predicted octanol–water partition coefficient (Wildman–Crippen LogP) is 3.57. The number of nitrogens with zero attached hydrogens (tertiary/aromatic N) is 1. The van der Waals surface area contributed by atoms with Gasteiger partial charge in [-0.2, -0.15) is 13.2 Å². The Morgan fingerprint density at radius 3 is 2.38 bits per heavy atom. The molecule has 8 heteroatoms. The number of hydrogen-bond donors (Lipinski definition) is 1. The first kappa shape index (κ1) is 17.7. The van der Waals surface area contributed by atoms with E-state index in [0.29, 0.717) is 0 Å². The number of hydrogen-bond acceptors (Lipinski definition) is 3. The fraction of sp³-hybridized carbons (Fsp3) is 0.167. The standard InChI is InChI=1S/C18H13F3N2O3/c1-2-23-16(25)13-7-6-10(8-14(13)17(23)26)15(24)22-12-5-3-4-11(9-12)18(19,20)21/h3-9H,2H2,1H3,(H,22,24). The third-order valence-electron chi connectivity index (χ3n) is 4.00. The van der Waals surface area contributed by atoms with Crippen LogP contribution < -0.4 is 5.32 Å². The minimum Gasteiger partial charge on any atom is -0.322 e. The second-order valence-corrected chi connectivity index (χ2v) is 5.65. The van der Waals surface area contributed by atoms with Gasteiger partial charge >= 0.3 is 6.18 Å². The number of halogens is 3. The van der Waals surface area contributed by atoms with Crippen LogP contribution in [0.15, 0.2) is 42.5 Å². The highest BCUT2D eigenvalue weighted by molar-refractivity contribution is 6.22. The Kier molecular flexibility index (Phi) is 4.27. The normalized spacial score (nSPS) is 13.8. The third-order valence-corrected chi connectivity index (χ3v) is 4.00. The van der Waals surface area contributed by atoms with Crippen LogP contribution in [0.2, 0.25) is 0 Å². The zero-order valence-electron chi connectivity index (χ0n) is 13.6. The van der Waals surface area contributed by atoms with Crippen LogP contribution in [0.4, 0.5) is 18.9 Å². The SMILES string of the molecule is CCN1C(=O)c2ccc(C(=O)Nc3cccc(C(F)(F)F)c3)cc2C1=O. The van der Waals surface area contributed by atoms with E-state index in [1.54, 1.807) is 6.92 Å². The fourth-order valence-corrected chi connectivity index (χ4v) is 2.70. The van der Waals surface area contributed by atoms with Crippen molar-refractivity contribution in [2.45, 2.75) is 13.1 Å². The second kappa shape index (κ2) is 6.29. The van der Waals surface area contributed by atoms with Crippen molar-refractivity contribution >= 4 is 23.4 Å². The van der Waals surface area contributed by atoms with Gasteiger partial charge in [-0.3, -0.25) is 19.3 Å². The summed E-state index contributed by atoms with van der Waals surface area (Å²) >= 11 is 0. The van der Waals surface area contributed by atoms with E-state index in [1.807, 2.05) is 0 Å². The zero-order chi connectivity index (χ0) is 19.1. The van der Waals surface area contributed by atoms with Crippen LogP contribution in [0, 0.1) is 0 Å². The van der Waals surface area contributed by atoms with E-state index in [-0.39, 0.29) is 28.9 Å². The molecule has 3 rings (SSSR count). The van der Waals surface area contributed by atoms with Crippen LogP contribution in [0.3, 0.4) is 0 Å². The summed E-state index contributed by atoms with van der Waals surface area (Å²) in [7, 11) is 0. The number of alkyl halides is 3. The summed E-state index contributed by atoms with van der Waals surface area (Å²) in [6, 6.07) is 8.22. The van der Waals surface area contributed by atoms with Crippen LogP contribution in [0.25, 0.3) is 0 Å². The van der Waals surface area contributed by atoms with E-state index in [1.165, 1.54) is 30.3 Å². The van der Waals surface area contributed by atoms with Gasteiger partial charge in [0.15, 0.2) is 0 Å². The topological polar surface area (TPSA) is 66.5 Å². The highest BCUT2D eigenvalue weighted by Gasteiger charge is 2.35. The molecule has 0 radical (unpaired) electrons. The molecular formula is C18H13F3N2O3. The van der Waals surface area contributed by atoms with Gasteiger partial charge < -0.3 is 5.32 Å². The summed E-state index contributed by atoms with van der Waals surface area (Å²) in [6.07, 6.45) is -4.52. The van der Waals surface area contributed by atoms with Gasteiger partial charge in [-0.1, -0.05) is 6.07 Å². The number of rotatable bonds is 3. The predicted molar refractivity (Wildman–Crippen MR) is 86.9 cm³/mol. The number of nitrogens with one attached hydrogen (secondary N) is 1. The van der Waals surface area contributed by atoms with Crippen molar-refractivity contribution in [3.05, 3.63) is 64.7 Å². The number of carbonyl (C=O) groups excluding carboxylic acids is 3. The molecule has 1 aliphatic heterocycles. The number of anilines is 1. The van der Waals surface area contributed by atoms with E-state index in [4.69, 9.17) is 0 Å². The minimum atomic E-state index is -4.52. The molecule has 3 amide bonds. The summed E-state index contributed by atoms with van der Waals surface area (Å²) in [4.78, 5) is 37.6.